The Kier molecular flexibility index (Phi) is 5.70. The topological polar surface area (TPSA) is 78.0 Å². The summed E-state index contributed by atoms with van der Waals surface area (Å²) in [5, 5.41) is 6.69. The number of hydrogen-bond acceptors (Lipinski definition) is 5. The molecule has 0 aliphatic carbocycles. The van der Waals surface area contributed by atoms with Crippen LogP contribution >= 0.6 is 0 Å². The molecule has 0 aliphatic rings. The molecule has 0 atom stereocenters. The highest BCUT2D eigenvalue weighted by Crippen LogP contribution is 2.19. The van der Waals surface area contributed by atoms with Crippen molar-refractivity contribution in [2.45, 2.75) is 13.2 Å². The monoisotopic (exact) mass is 363 g/mol. The Morgan fingerprint density at radius 2 is 1.85 bits per heavy atom. The first-order valence-corrected chi connectivity index (χ1v) is 8.15. The van der Waals surface area contributed by atoms with Gasteiger partial charge >= 0.3 is 0 Å². The number of amides is 1. The van der Waals surface area contributed by atoms with Crippen LogP contribution in [0.4, 0.5) is 5.69 Å². The van der Waals surface area contributed by atoms with E-state index >= 15 is 0 Å². The van der Waals surface area contributed by atoms with Gasteiger partial charge in [-0.05, 0) is 36.4 Å². The van der Waals surface area contributed by atoms with Crippen molar-refractivity contribution in [1.82, 2.24) is 10.5 Å². The second kappa shape index (κ2) is 8.54. The van der Waals surface area contributed by atoms with Crippen LogP contribution in [-0.4, -0.2) is 18.2 Å². The highest BCUT2D eigenvalue weighted by atomic mass is 16.5. The Labute approximate surface area is 156 Å². The van der Waals surface area contributed by atoms with E-state index in [0.717, 1.165) is 0 Å². The van der Waals surface area contributed by atoms with E-state index in [4.69, 9.17) is 20.6 Å². The van der Waals surface area contributed by atoms with Crippen LogP contribution in [0.25, 0.3) is 4.85 Å². The molecule has 7 heteroatoms. The van der Waals surface area contributed by atoms with E-state index < -0.39 is 0 Å². The molecule has 0 bridgehead atoms. The predicted molar refractivity (Wildman–Crippen MR) is 97.7 cm³/mol. The van der Waals surface area contributed by atoms with Crippen LogP contribution in [0.15, 0.2) is 59.1 Å². The Bertz CT molecular complexity index is 941. The average molecular weight is 363 g/mol. The first kappa shape index (κ1) is 18.0. The summed E-state index contributed by atoms with van der Waals surface area (Å²) in [5.74, 6) is 1.64. The van der Waals surface area contributed by atoms with Crippen LogP contribution in [-0.2, 0) is 13.2 Å². The van der Waals surface area contributed by atoms with Gasteiger partial charge in [-0.3, -0.25) is 4.79 Å². The molecular weight excluding hydrogens is 346 g/mol. The lowest BCUT2D eigenvalue weighted by Gasteiger charge is -2.04. The van der Waals surface area contributed by atoms with Gasteiger partial charge in [-0.15, -0.1) is 0 Å². The van der Waals surface area contributed by atoms with Gasteiger partial charge in [0.25, 0.3) is 5.91 Å². The van der Waals surface area contributed by atoms with Gasteiger partial charge in [-0.2, -0.15) is 0 Å². The minimum Gasteiger partial charge on any atom is -0.497 e. The van der Waals surface area contributed by atoms with Gasteiger partial charge in [0, 0.05) is 11.6 Å². The van der Waals surface area contributed by atoms with Crippen molar-refractivity contribution in [2.24, 2.45) is 0 Å². The number of hydrogen-bond donors (Lipinski definition) is 1. The van der Waals surface area contributed by atoms with E-state index in [0.29, 0.717) is 34.2 Å². The molecule has 1 heterocycles. The van der Waals surface area contributed by atoms with Crippen LogP contribution < -0.4 is 14.8 Å². The minimum absolute atomic E-state index is 0.216. The predicted octanol–water partition coefficient (Wildman–Crippen LogP) is 3.74. The quantitative estimate of drug-likeness (QED) is 0.647. The molecule has 0 saturated carbocycles. The molecule has 0 aliphatic heterocycles. The first-order valence-electron chi connectivity index (χ1n) is 8.15. The van der Waals surface area contributed by atoms with Gasteiger partial charge < -0.3 is 19.3 Å². The van der Waals surface area contributed by atoms with Gasteiger partial charge in [0.2, 0.25) is 0 Å². The molecule has 1 aromatic heterocycles. The molecule has 2 aromatic carbocycles. The Morgan fingerprint density at radius 3 is 2.52 bits per heavy atom. The zero-order valence-corrected chi connectivity index (χ0v) is 14.6. The summed E-state index contributed by atoms with van der Waals surface area (Å²) < 4.78 is 15.9. The van der Waals surface area contributed by atoms with E-state index in [2.05, 4.69) is 15.3 Å². The third-order valence-corrected chi connectivity index (χ3v) is 3.74. The molecule has 0 fully saturated rings. The zero-order chi connectivity index (χ0) is 19.1. The molecule has 0 radical (unpaired) electrons. The summed E-state index contributed by atoms with van der Waals surface area (Å²) in [7, 11) is 1.57. The maximum atomic E-state index is 12.1. The summed E-state index contributed by atoms with van der Waals surface area (Å²) in [5.41, 5.74) is 1.69. The van der Waals surface area contributed by atoms with Crippen LogP contribution in [0.2, 0.25) is 0 Å². The lowest BCUT2D eigenvalue weighted by atomic mass is 10.2. The van der Waals surface area contributed by atoms with E-state index in [9.17, 15) is 4.79 Å². The van der Waals surface area contributed by atoms with Crippen molar-refractivity contribution in [1.29, 1.82) is 0 Å². The lowest BCUT2D eigenvalue weighted by Crippen LogP contribution is -2.22. The van der Waals surface area contributed by atoms with Crippen LogP contribution in [0.1, 0.15) is 21.8 Å². The zero-order valence-electron chi connectivity index (χ0n) is 14.6. The number of nitrogens with zero attached hydrogens (tertiary/aromatic N) is 2. The van der Waals surface area contributed by atoms with Crippen molar-refractivity contribution >= 4 is 11.6 Å². The molecule has 1 N–H and O–H groups in total. The highest BCUT2D eigenvalue weighted by Gasteiger charge is 2.09. The van der Waals surface area contributed by atoms with Crippen LogP contribution in [0.3, 0.4) is 0 Å². The summed E-state index contributed by atoms with van der Waals surface area (Å²) >= 11 is 0. The fraction of sp³-hybridized carbons (Fsp3) is 0.150. The van der Waals surface area contributed by atoms with E-state index in [1.165, 1.54) is 0 Å². The molecular formula is C20H17N3O4. The van der Waals surface area contributed by atoms with Gasteiger partial charge in [-0.25, -0.2) is 4.85 Å². The summed E-state index contributed by atoms with van der Waals surface area (Å²) in [6.07, 6.45) is 0. The van der Waals surface area contributed by atoms with Crippen molar-refractivity contribution in [3.05, 3.63) is 83.0 Å². The van der Waals surface area contributed by atoms with Gasteiger partial charge in [0.15, 0.2) is 11.4 Å². The third-order valence-electron chi connectivity index (χ3n) is 3.74. The maximum absolute atomic E-state index is 12.1. The fourth-order valence-electron chi connectivity index (χ4n) is 2.29. The Hall–Kier alpha value is -3.79. The number of nitrogens with one attached hydrogen (secondary N) is 1. The van der Waals surface area contributed by atoms with Crippen molar-refractivity contribution in [3.8, 4) is 11.5 Å². The van der Waals surface area contributed by atoms with Gasteiger partial charge in [0.05, 0.1) is 20.2 Å². The SMILES string of the molecule is [C-]#[N+]c1ccc(OCc2cc(CNC(=O)c3ccc(OC)cc3)on2)cc1. The molecule has 7 nitrogen and oxygen atoms in total. The molecule has 0 spiro atoms. The van der Waals surface area contributed by atoms with Crippen molar-refractivity contribution in [2.75, 3.05) is 7.11 Å². The molecule has 27 heavy (non-hydrogen) atoms. The maximum Gasteiger partial charge on any atom is 0.251 e. The summed E-state index contributed by atoms with van der Waals surface area (Å²) in [6.45, 7) is 7.37. The average Bonchev–Trinajstić information content (AvgIpc) is 3.19. The number of carbonyl (C=O) groups is 1. The number of rotatable bonds is 7. The number of ether oxygens (including phenoxy) is 2. The third kappa shape index (κ3) is 4.86. The number of methoxy groups -OCH3 is 1. The molecule has 0 saturated heterocycles. The summed E-state index contributed by atoms with van der Waals surface area (Å²) in [6, 6.07) is 15.4. The normalized spacial score (nSPS) is 10.1. The second-order valence-corrected chi connectivity index (χ2v) is 5.59. The molecule has 3 rings (SSSR count). The number of aromatic nitrogens is 1. The smallest absolute Gasteiger partial charge is 0.251 e. The standard InChI is InChI=1S/C20H17N3O4/c1-21-15-5-9-18(10-6-15)26-13-16-11-19(27-23-16)12-22-20(24)14-3-7-17(25-2)8-4-14/h3-11H,12-13H2,2H3,(H,22,24). The molecule has 0 unspecified atom stereocenters. The minimum atomic E-state index is -0.216. The van der Waals surface area contributed by atoms with E-state index in [1.807, 2.05) is 0 Å². The molecule has 1 amide bonds. The number of benzene rings is 2. The van der Waals surface area contributed by atoms with Crippen molar-refractivity contribution < 1.29 is 18.8 Å². The second-order valence-electron chi connectivity index (χ2n) is 5.59. The van der Waals surface area contributed by atoms with Gasteiger partial charge in [0.1, 0.15) is 23.8 Å². The largest absolute Gasteiger partial charge is 0.497 e. The van der Waals surface area contributed by atoms with E-state index in [-0.39, 0.29) is 19.1 Å². The Morgan fingerprint density at radius 1 is 1.15 bits per heavy atom. The number of carbonyl (C=O) groups excluding carboxylic acids is 1. The highest BCUT2D eigenvalue weighted by molar-refractivity contribution is 5.94. The summed E-state index contributed by atoms with van der Waals surface area (Å²) in [4.78, 5) is 15.5. The van der Waals surface area contributed by atoms with Gasteiger partial charge in [-0.1, -0.05) is 17.3 Å². The van der Waals surface area contributed by atoms with Crippen molar-refractivity contribution in [3.63, 3.8) is 0 Å². The fourth-order valence-corrected chi connectivity index (χ4v) is 2.29. The van der Waals surface area contributed by atoms with E-state index in [1.54, 1.807) is 61.7 Å². The van der Waals surface area contributed by atoms with Crippen LogP contribution in [0, 0.1) is 6.57 Å². The first-order chi connectivity index (χ1) is 13.2. The molecule has 3 aromatic rings. The Balaban J connectivity index is 1.49. The lowest BCUT2D eigenvalue weighted by molar-refractivity contribution is 0.0947. The van der Waals surface area contributed by atoms with Crippen LogP contribution in [0.5, 0.6) is 11.5 Å². The molecule has 136 valence electrons.